The molecule has 0 saturated heterocycles. The number of hydrogen-bond donors (Lipinski definition) is 2. The van der Waals surface area contributed by atoms with E-state index in [1.165, 1.54) is 25.0 Å². The van der Waals surface area contributed by atoms with Crippen molar-refractivity contribution in [2.75, 3.05) is 13.1 Å². The predicted molar refractivity (Wildman–Crippen MR) is 64.2 cm³/mol. The molecule has 0 aromatic heterocycles. The lowest BCUT2D eigenvalue weighted by molar-refractivity contribution is -0.138. The number of nitrogens with one attached hydrogen (secondary N) is 2. The first-order valence-corrected chi connectivity index (χ1v) is 6.16. The molecule has 0 atom stereocenters. The first kappa shape index (κ1) is 13.4. The van der Waals surface area contributed by atoms with Gasteiger partial charge in [0.05, 0.1) is 5.56 Å². The second kappa shape index (κ2) is 5.71. The van der Waals surface area contributed by atoms with Gasteiger partial charge in [0.2, 0.25) is 0 Å². The van der Waals surface area contributed by atoms with E-state index in [-0.39, 0.29) is 6.54 Å². The highest BCUT2D eigenvalue weighted by molar-refractivity contribution is 5.29. The normalized spacial score (nSPS) is 15.9. The number of alkyl halides is 3. The lowest BCUT2D eigenvalue weighted by atomic mass is 10.1. The van der Waals surface area contributed by atoms with Gasteiger partial charge in [-0.05, 0) is 24.5 Å². The van der Waals surface area contributed by atoms with Crippen molar-refractivity contribution in [2.45, 2.75) is 31.6 Å². The van der Waals surface area contributed by atoms with Crippen molar-refractivity contribution in [3.05, 3.63) is 35.4 Å². The van der Waals surface area contributed by atoms with E-state index in [9.17, 15) is 13.2 Å². The van der Waals surface area contributed by atoms with Gasteiger partial charge in [-0.2, -0.15) is 13.2 Å². The van der Waals surface area contributed by atoms with Gasteiger partial charge in [0, 0.05) is 25.7 Å². The molecule has 0 bridgehead atoms. The Hall–Kier alpha value is -1.07. The molecule has 1 fully saturated rings. The number of hydrogen-bond acceptors (Lipinski definition) is 2. The summed E-state index contributed by atoms with van der Waals surface area (Å²) in [6, 6.07) is 6.33. The quantitative estimate of drug-likeness (QED) is 0.766. The zero-order valence-electron chi connectivity index (χ0n) is 10.1. The van der Waals surface area contributed by atoms with Crippen molar-refractivity contribution in [1.82, 2.24) is 10.6 Å². The number of benzene rings is 1. The second-order valence-electron chi connectivity index (χ2n) is 4.56. The Labute approximate surface area is 105 Å². The van der Waals surface area contributed by atoms with Gasteiger partial charge in [0.15, 0.2) is 0 Å². The molecule has 1 aromatic rings. The van der Waals surface area contributed by atoms with Crippen molar-refractivity contribution in [3.63, 3.8) is 0 Å². The third-order valence-corrected chi connectivity index (χ3v) is 2.95. The molecular formula is C13H17F3N2. The third kappa shape index (κ3) is 3.99. The largest absolute Gasteiger partial charge is 0.416 e. The van der Waals surface area contributed by atoms with Gasteiger partial charge in [-0.3, -0.25) is 0 Å². The Bertz CT molecular complexity index is 386. The Balaban J connectivity index is 1.80. The Morgan fingerprint density at radius 1 is 1.11 bits per heavy atom. The van der Waals surface area contributed by atoms with E-state index < -0.39 is 11.7 Å². The van der Waals surface area contributed by atoms with E-state index in [1.54, 1.807) is 6.07 Å². The second-order valence-corrected chi connectivity index (χ2v) is 4.56. The minimum absolute atomic E-state index is 0.252. The molecule has 100 valence electrons. The van der Waals surface area contributed by atoms with Crippen LogP contribution in [-0.2, 0) is 12.7 Å². The summed E-state index contributed by atoms with van der Waals surface area (Å²) in [5, 5.41) is 6.34. The average molecular weight is 258 g/mol. The van der Waals surface area contributed by atoms with Crippen molar-refractivity contribution < 1.29 is 13.2 Å². The van der Waals surface area contributed by atoms with E-state index in [1.807, 2.05) is 0 Å². The van der Waals surface area contributed by atoms with Crippen LogP contribution in [0.4, 0.5) is 13.2 Å². The molecule has 2 rings (SSSR count). The molecule has 1 aliphatic rings. The fraction of sp³-hybridized carbons (Fsp3) is 0.538. The molecule has 2 N–H and O–H groups in total. The maximum absolute atomic E-state index is 12.7. The number of rotatable bonds is 6. The van der Waals surface area contributed by atoms with Crippen LogP contribution in [-0.4, -0.2) is 19.1 Å². The van der Waals surface area contributed by atoms with E-state index in [0.717, 1.165) is 12.6 Å². The van der Waals surface area contributed by atoms with E-state index in [0.29, 0.717) is 18.2 Å². The van der Waals surface area contributed by atoms with Gasteiger partial charge >= 0.3 is 6.18 Å². The Morgan fingerprint density at radius 3 is 2.50 bits per heavy atom. The van der Waals surface area contributed by atoms with Gasteiger partial charge in [0.25, 0.3) is 0 Å². The first-order valence-electron chi connectivity index (χ1n) is 6.16. The van der Waals surface area contributed by atoms with Crippen molar-refractivity contribution >= 4 is 0 Å². The maximum Gasteiger partial charge on any atom is 0.416 e. The molecule has 1 aliphatic carbocycles. The van der Waals surface area contributed by atoms with E-state index in [2.05, 4.69) is 10.6 Å². The molecule has 0 heterocycles. The summed E-state index contributed by atoms with van der Waals surface area (Å²) < 4.78 is 38.1. The molecular weight excluding hydrogens is 241 g/mol. The van der Waals surface area contributed by atoms with Gasteiger partial charge < -0.3 is 10.6 Å². The smallest absolute Gasteiger partial charge is 0.313 e. The fourth-order valence-corrected chi connectivity index (χ4v) is 1.83. The maximum atomic E-state index is 12.7. The summed E-state index contributed by atoms with van der Waals surface area (Å²) in [4.78, 5) is 0. The minimum Gasteiger partial charge on any atom is -0.313 e. The van der Waals surface area contributed by atoms with Crippen LogP contribution in [0.3, 0.4) is 0 Å². The fourth-order valence-electron chi connectivity index (χ4n) is 1.83. The highest BCUT2D eigenvalue weighted by Gasteiger charge is 2.32. The monoisotopic (exact) mass is 258 g/mol. The highest BCUT2D eigenvalue weighted by Crippen LogP contribution is 2.31. The highest BCUT2D eigenvalue weighted by atomic mass is 19.4. The molecule has 2 nitrogen and oxygen atoms in total. The summed E-state index contributed by atoms with van der Waals surface area (Å²) in [6.07, 6.45) is -1.83. The van der Waals surface area contributed by atoms with Crippen LogP contribution in [0.15, 0.2) is 24.3 Å². The van der Waals surface area contributed by atoms with E-state index in [4.69, 9.17) is 0 Å². The van der Waals surface area contributed by atoms with Crippen LogP contribution in [0.1, 0.15) is 24.0 Å². The first-order chi connectivity index (χ1) is 8.57. The Morgan fingerprint density at radius 2 is 1.83 bits per heavy atom. The third-order valence-electron chi connectivity index (χ3n) is 2.95. The molecule has 0 radical (unpaired) electrons. The van der Waals surface area contributed by atoms with Gasteiger partial charge in [-0.1, -0.05) is 18.2 Å². The van der Waals surface area contributed by atoms with Crippen LogP contribution in [0.2, 0.25) is 0 Å². The SMILES string of the molecule is FC(F)(F)c1ccccc1CNCCNC1CC1. The average Bonchev–Trinajstić information content (AvgIpc) is 3.12. The summed E-state index contributed by atoms with van der Waals surface area (Å²) >= 11 is 0. The standard InChI is InChI=1S/C13H17F3N2/c14-13(15,16)12-4-2-1-3-10(12)9-17-7-8-18-11-5-6-11/h1-4,11,17-18H,5-9H2. The Kier molecular flexibility index (Phi) is 4.24. The molecule has 0 amide bonds. The van der Waals surface area contributed by atoms with Crippen molar-refractivity contribution in [2.24, 2.45) is 0 Å². The topological polar surface area (TPSA) is 24.1 Å². The van der Waals surface area contributed by atoms with Crippen LogP contribution >= 0.6 is 0 Å². The summed E-state index contributed by atoms with van der Waals surface area (Å²) in [7, 11) is 0. The van der Waals surface area contributed by atoms with Crippen molar-refractivity contribution in [1.29, 1.82) is 0 Å². The molecule has 0 unspecified atom stereocenters. The zero-order valence-corrected chi connectivity index (χ0v) is 10.1. The predicted octanol–water partition coefficient (Wildman–Crippen LogP) is 2.55. The zero-order chi connectivity index (χ0) is 13.0. The van der Waals surface area contributed by atoms with Gasteiger partial charge in [-0.15, -0.1) is 0 Å². The van der Waals surface area contributed by atoms with Gasteiger partial charge in [-0.25, -0.2) is 0 Å². The molecule has 0 aliphatic heterocycles. The molecule has 5 heteroatoms. The van der Waals surface area contributed by atoms with Gasteiger partial charge in [0.1, 0.15) is 0 Å². The van der Waals surface area contributed by atoms with Crippen LogP contribution < -0.4 is 10.6 Å². The number of halogens is 3. The molecule has 1 saturated carbocycles. The lowest BCUT2D eigenvalue weighted by Gasteiger charge is -2.13. The summed E-state index contributed by atoms with van der Waals surface area (Å²) in [5.74, 6) is 0. The summed E-state index contributed by atoms with van der Waals surface area (Å²) in [5.41, 5.74) is -0.246. The van der Waals surface area contributed by atoms with Crippen molar-refractivity contribution in [3.8, 4) is 0 Å². The minimum atomic E-state index is -4.27. The molecule has 1 aromatic carbocycles. The van der Waals surface area contributed by atoms with Crippen LogP contribution in [0.25, 0.3) is 0 Å². The van der Waals surface area contributed by atoms with Crippen LogP contribution in [0.5, 0.6) is 0 Å². The molecule has 18 heavy (non-hydrogen) atoms. The molecule has 0 spiro atoms. The summed E-state index contributed by atoms with van der Waals surface area (Å²) in [6.45, 7) is 1.74. The van der Waals surface area contributed by atoms with Crippen LogP contribution in [0, 0.1) is 0 Å². The lowest BCUT2D eigenvalue weighted by Crippen LogP contribution is -2.28. The van der Waals surface area contributed by atoms with E-state index >= 15 is 0 Å².